The number of piperidine rings is 1. The van der Waals surface area contributed by atoms with E-state index in [1.54, 1.807) is 11.3 Å². The summed E-state index contributed by atoms with van der Waals surface area (Å²) >= 11 is 1.78. The lowest BCUT2D eigenvalue weighted by Gasteiger charge is -2.37. The molecule has 25 heavy (non-hydrogen) atoms. The van der Waals surface area contributed by atoms with Crippen molar-refractivity contribution in [2.24, 2.45) is 5.92 Å². The topological polar surface area (TPSA) is 44.8 Å². The number of hydrogen-bond acceptors (Lipinski definition) is 5. The molecule has 0 saturated carbocycles. The summed E-state index contributed by atoms with van der Waals surface area (Å²) in [4.78, 5) is 18.5. The van der Waals surface area contributed by atoms with E-state index in [-0.39, 0.29) is 42.7 Å². The minimum absolute atomic E-state index is 0. The Hall–Kier alpha value is -0.370. The van der Waals surface area contributed by atoms with Crippen LogP contribution in [0.15, 0.2) is 17.5 Å². The fourth-order valence-electron chi connectivity index (χ4n) is 3.48. The fourth-order valence-corrected chi connectivity index (χ4v) is 4.33. The smallest absolute Gasteiger partial charge is 0.226 e. The molecule has 0 radical (unpaired) electrons. The summed E-state index contributed by atoms with van der Waals surface area (Å²) in [7, 11) is 1.96. The molecule has 1 N–H and O–H groups in total. The predicted octanol–water partition coefficient (Wildman–Crippen LogP) is 2.42. The van der Waals surface area contributed by atoms with Crippen LogP contribution in [0.4, 0.5) is 0 Å². The Labute approximate surface area is 166 Å². The highest BCUT2D eigenvalue weighted by atomic mass is 35.5. The zero-order valence-electron chi connectivity index (χ0n) is 14.7. The number of hydrogen-bond donors (Lipinski definition) is 1. The molecule has 1 amide bonds. The first-order valence-electron chi connectivity index (χ1n) is 8.56. The van der Waals surface area contributed by atoms with E-state index in [1.807, 2.05) is 11.9 Å². The Morgan fingerprint density at radius 1 is 1.44 bits per heavy atom. The van der Waals surface area contributed by atoms with Crippen molar-refractivity contribution < 1.29 is 9.53 Å². The second-order valence-electron chi connectivity index (χ2n) is 6.44. The summed E-state index contributed by atoms with van der Waals surface area (Å²) in [5.41, 5.74) is 0. The average molecular weight is 410 g/mol. The maximum absolute atomic E-state index is 12.7. The third kappa shape index (κ3) is 6.08. The van der Waals surface area contributed by atoms with E-state index in [4.69, 9.17) is 4.74 Å². The highest BCUT2D eigenvalue weighted by molar-refractivity contribution is 7.10. The van der Waals surface area contributed by atoms with Gasteiger partial charge in [0.15, 0.2) is 0 Å². The van der Waals surface area contributed by atoms with Crippen LogP contribution >= 0.6 is 36.2 Å². The van der Waals surface area contributed by atoms with Gasteiger partial charge in [0.1, 0.15) is 0 Å². The molecule has 3 heterocycles. The fraction of sp³-hybridized carbons (Fsp3) is 0.706. The highest BCUT2D eigenvalue weighted by Crippen LogP contribution is 2.27. The van der Waals surface area contributed by atoms with Gasteiger partial charge in [-0.15, -0.1) is 36.2 Å². The maximum atomic E-state index is 12.7. The minimum atomic E-state index is 0. The van der Waals surface area contributed by atoms with Crippen molar-refractivity contribution in [2.45, 2.75) is 18.9 Å². The van der Waals surface area contributed by atoms with Crippen LogP contribution in [0.1, 0.15) is 23.8 Å². The third-order valence-corrected chi connectivity index (χ3v) is 5.80. The van der Waals surface area contributed by atoms with Gasteiger partial charge >= 0.3 is 0 Å². The van der Waals surface area contributed by atoms with Gasteiger partial charge in [-0.25, -0.2) is 0 Å². The number of halogens is 2. The molecule has 0 aliphatic carbocycles. The number of carbonyl (C=O) groups is 1. The van der Waals surface area contributed by atoms with Crippen molar-refractivity contribution >= 4 is 42.1 Å². The van der Waals surface area contributed by atoms with Crippen molar-refractivity contribution in [1.29, 1.82) is 0 Å². The summed E-state index contributed by atoms with van der Waals surface area (Å²) in [5, 5.41) is 5.46. The standard InChI is InChI=1S/C17H27N3O2S.2ClH/c1-19(17(21)14-4-2-6-18-12-14)13-15(16-5-3-11-23-16)20-7-9-22-10-8-20;;/h3,5,11,14-15,18H,2,4,6-10,12-13H2,1H3;2*1H. The van der Waals surface area contributed by atoms with Crippen LogP contribution in [-0.2, 0) is 9.53 Å². The molecule has 2 saturated heterocycles. The van der Waals surface area contributed by atoms with Gasteiger partial charge in [0.05, 0.1) is 25.2 Å². The first-order valence-corrected chi connectivity index (χ1v) is 9.44. The zero-order valence-corrected chi connectivity index (χ0v) is 17.1. The molecule has 144 valence electrons. The van der Waals surface area contributed by atoms with Crippen LogP contribution in [0.3, 0.4) is 0 Å². The van der Waals surface area contributed by atoms with Gasteiger partial charge in [-0.1, -0.05) is 6.07 Å². The summed E-state index contributed by atoms with van der Waals surface area (Å²) in [5.74, 6) is 0.425. The van der Waals surface area contributed by atoms with Crippen molar-refractivity contribution in [3.63, 3.8) is 0 Å². The van der Waals surface area contributed by atoms with Crippen LogP contribution in [0.25, 0.3) is 0 Å². The van der Waals surface area contributed by atoms with Crippen LogP contribution in [0.5, 0.6) is 0 Å². The molecule has 0 bridgehead atoms. The van der Waals surface area contributed by atoms with Crippen LogP contribution in [-0.4, -0.2) is 68.7 Å². The summed E-state index contributed by atoms with van der Waals surface area (Å²) in [6.45, 7) is 6.07. The molecule has 2 fully saturated rings. The molecule has 2 unspecified atom stereocenters. The first kappa shape index (κ1) is 22.7. The zero-order chi connectivity index (χ0) is 16.1. The second kappa shape index (κ2) is 11.4. The van der Waals surface area contributed by atoms with Crippen LogP contribution < -0.4 is 5.32 Å². The lowest BCUT2D eigenvalue weighted by molar-refractivity contribution is -0.135. The summed E-state index contributed by atoms with van der Waals surface area (Å²) < 4.78 is 5.49. The van der Waals surface area contributed by atoms with Gasteiger partial charge in [-0.2, -0.15) is 0 Å². The average Bonchev–Trinajstić information content (AvgIpc) is 3.14. The normalized spacial score (nSPS) is 22.4. The van der Waals surface area contributed by atoms with Crippen LogP contribution in [0.2, 0.25) is 0 Å². The number of nitrogens with zero attached hydrogens (tertiary/aromatic N) is 2. The molecule has 8 heteroatoms. The molecule has 3 rings (SSSR count). The minimum Gasteiger partial charge on any atom is -0.379 e. The Morgan fingerprint density at radius 3 is 2.80 bits per heavy atom. The Balaban J connectivity index is 0.00000156. The molecular formula is C17H29Cl2N3O2S. The first-order chi connectivity index (χ1) is 11.3. The molecule has 2 aliphatic heterocycles. The number of thiophene rings is 1. The molecular weight excluding hydrogens is 381 g/mol. The summed E-state index contributed by atoms with van der Waals surface area (Å²) in [6, 6.07) is 4.57. The number of morpholine rings is 1. The van der Waals surface area contributed by atoms with E-state index < -0.39 is 0 Å². The number of carbonyl (C=O) groups excluding carboxylic acids is 1. The molecule has 1 aromatic heterocycles. The third-order valence-electron chi connectivity index (χ3n) is 4.83. The number of nitrogens with one attached hydrogen (secondary N) is 1. The van der Waals surface area contributed by atoms with Gasteiger partial charge in [0.25, 0.3) is 0 Å². The van der Waals surface area contributed by atoms with Crippen molar-refractivity contribution in [1.82, 2.24) is 15.1 Å². The van der Waals surface area contributed by atoms with E-state index in [0.29, 0.717) is 0 Å². The molecule has 1 aromatic rings. The van der Waals surface area contributed by atoms with E-state index in [0.717, 1.165) is 58.8 Å². The van der Waals surface area contributed by atoms with Crippen molar-refractivity contribution in [3.8, 4) is 0 Å². The monoisotopic (exact) mass is 409 g/mol. The van der Waals surface area contributed by atoms with E-state index in [2.05, 4.69) is 27.7 Å². The number of amides is 1. The molecule has 2 atom stereocenters. The Bertz CT molecular complexity index is 492. The quantitative estimate of drug-likeness (QED) is 0.810. The Kier molecular flexibility index (Phi) is 10.3. The van der Waals surface area contributed by atoms with Gasteiger partial charge in [-0.05, 0) is 30.8 Å². The second-order valence-corrected chi connectivity index (χ2v) is 7.42. The summed E-state index contributed by atoms with van der Waals surface area (Å²) in [6.07, 6.45) is 2.11. The lowest BCUT2D eigenvalue weighted by Crippen LogP contribution is -2.47. The van der Waals surface area contributed by atoms with E-state index in [9.17, 15) is 4.79 Å². The molecule has 0 aromatic carbocycles. The van der Waals surface area contributed by atoms with Crippen molar-refractivity contribution in [3.05, 3.63) is 22.4 Å². The van der Waals surface area contributed by atoms with Gasteiger partial charge < -0.3 is 15.0 Å². The lowest BCUT2D eigenvalue weighted by atomic mass is 9.98. The van der Waals surface area contributed by atoms with Crippen LogP contribution in [0, 0.1) is 5.92 Å². The predicted molar refractivity (Wildman–Crippen MR) is 107 cm³/mol. The molecule has 0 spiro atoms. The highest BCUT2D eigenvalue weighted by Gasteiger charge is 2.29. The van der Waals surface area contributed by atoms with Gasteiger partial charge in [0, 0.05) is 38.1 Å². The molecule has 5 nitrogen and oxygen atoms in total. The maximum Gasteiger partial charge on any atom is 0.226 e. The van der Waals surface area contributed by atoms with Gasteiger partial charge in [0.2, 0.25) is 5.91 Å². The van der Waals surface area contributed by atoms with Gasteiger partial charge in [-0.3, -0.25) is 9.69 Å². The molecule has 2 aliphatic rings. The van der Waals surface area contributed by atoms with E-state index in [1.165, 1.54) is 4.88 Å². The number of rotatable bonds is 5. The SMILES string of the molecule is CN(CC(c1cccs1)N1CCOCC1)C(=O)C1CCCNC1.Cl.Cl. The number of likely N-dealkylation sites (N-methyl/N-ethyl adjacent to an activating group) is 1. The van der Waals surface area contributed by atoms with E-state index >= 15 is 0 Å². The van der Waals surface area contributed by atoms with Crippen molar-refractivity contribution in [2.75, 3.05) is 53.0 Å². The largest absolute Gasteiger partial charge is 0.379 e. The number of ether oxygens (including phenoxy) is 1. The Morgan fingerprint density at radius 2 is 2.20 bits per heavy atom.